The molecule has 0 atom stereocenters. The maximum absolute atomic E-state index is 10.6. The van der Waals surface area contributed by atoms with Crippen LogP contribution in [0.4, 0.5) is 13.2 Å². The predicted octanol–water partition coefficient (Wildman–Crippen LogP) is 3.89. The van der Waals surface area contributed by atoms with Crippen molar-refractivity contribution in [2.75, 3.05) is 19.7 Å². The van der Waals surface area contributed by atoms with Crippen molar-refractivity contribution in [3.8, 4) is 5.75 Å². The Kier molecular flexibility index (Phi) is 11.1. The zero-order valence-corrected chi connectivity index (χ0v) is 16.2. The molecule has 0 unspecified atom stereocenters. The number of carbonyl (C=O) groups is 2. The van der Waals surface area contributed by atoms with Gasteiger partial charge < -0.3 is 20.3 Å². The van der Waals surface area contributed by atoms with Crippen molar-refractivity contribution < 1.29 is 37.7 Å². The van der Waals surface area contributed by atoms with Gasteiger partial charge in [0.1, 0.15) is 5.75 Å². The fourth-order valence-electron chi connectivity index (χ4n) is 2.99. The Labute approximate surface area is 168 Å². The summed E-state index contributed by atoms with van der Waals surface area (Å²) in [6, 6.07) is 8.21. The second kappa shape index (κ2) is 13.0. The van der Waals surface area contributed by atoms with Gasteiger partial charge in [-0.25, -0.2) is 4.79 Å². The highest BCUT2D eigenvalue weighted by Crippen LogP contribution is 2.27. The Hall–Kier alpha value is -2.29. The van der Waals surface area contributed by atoms with E-state index in [0.717, 1.165) is 31.2 Å². The Balaban J connectivity index is 0.000000516. The molecule has 0 amide bonds. The lowest BCUT2D eigenvalue weighted by Gasteiger charge is -2.11. The van der Waals surface area contributed by atoms with E-state index < -0.39 is 18.1 Å². The van der Waals surface area contributed by atoms with Crippen LogP contribution in [0.2, 0.25) is 0 Å². The van der Waals surface area contributed by atoms with Crippen LogP contribution in [0.5, 0.6) is 5.75 Å². The fourth-order valence-corrected chi connectivity index (χ4v) is 2.99. The van der Waals surface area contributed by atoms with Crippen LogP contribution in [0.3, 0.4) is 0 Å². The lowest BCUT2D eigenvalue weighted by atomic mass is 10.1. The molecule has 1 saturated carbocycles. The molecule has 1 aliphatic carbocycles. The van der Waals surface area contributed by atoms with Crippen molar-refractivity contribution >= 4 is 11.9 Å². The zero-order valence-electron chi connectivity index (χ0n) is 16.2. The minimum Gasteiger partial charge on any atom is -0.494 e. The standard InChI is InChI=1S/C18H27NO3.C2HF3O2/c20-18(21)9-12-19-11-8-16-6-3-7-17(14-16)22-13-10-15-4-1-2-5-15;3-2(4,5)1(6)7/h3,6-7,14-15,19H,1-2,4-5,8-13H2,(H,20,21);(H,6,7). The third-order valence-corrected chi connectivity index (χ3v) is 4.52. The molecule has 0 aromatic heterocycles. The number of ether oxygens (including phenoxy) is 1. The lowest BCUT2D eigenvalue weighted by Crippen LogP contribution is -2.21. The molecule has 0 bridgehead atoms. The molecule has 1 fully saturated rings. The van der Waals surface area contributed by atoms with Gasteiger partial charge >= 0.3 is 18.1 Å². The van der Waals surface area contributed by atoms with Crippen LogP contribution >= 0.6 is 0 Å². The first-order valence-electron chi connectivity index (χ1n) is 9.63. The van der Waals surface area contributed by atoms with Gasteiger partial charge in [0.15, 0.2) is 0 Å². The summed E-state index contributed by atoms with van der Waals surface area (Å²) >= 11 is 0. The van der Waals surface area contributed by atoms with Gasteiger partial charge in [0, 0.05) is 6.54 Å². The van der Waals surface area contributed by atoms with E-state index in [2.05, 4.69) is 17.4 Å². The summed E-state index contributed by atoms with van der Waals surface area (Å²) in [5.74, 6) is -1.71. The molecule has 3 N–H and O–H groups in total. The first-order valence-corrected chi connectivity index (χ1v) is 9.63. The fraction of sp³-hybridized carbons (Fsp3) is 0.600. The molecule has 9 heteroatoms. The van der Waals surface area contributed by atoms with Gasteiger partial charge in [-0.1, -0.05) is 37.8 Å². The number of carboxylic acid groups (broad SMARTS) is 2. The van der Waals surface area contributed by atoms with Gasteiger partial charge in [-0.2, -0.15) is 13.2 Å². The van der Waals surface area contributed by atoms with Crippen molar-refractivity contribution in [2.24, 2.45) is 5.92 Å². The molecular weight excluding hydrogens is 391 g/mol. The molecule has 0 aliphatic heterocycles. The second-order valence-corrected chi connectivity index (χ2v) is 6.88. The number of nitrogens with one attached hydrogen (secondary N) is 1. The number of hydrogen-bond donors (Lipinski definition) is 3. The van der Waals surface area contributed by atoms with E-state index in [4.69, 9.17) is 19.7 Å². The van der Waals surface area contributed by atoms with Crippen LogP contribution in [0.25, 0.3) is 0 Å². The number of benzene rings is 1. The van der Waals surface area contributed by atoms with Crippen molar-refractivity contribution in [3.05, 3.63) is 29.8 Å². The molecule has 6 nitrogen and oxygen atoms in total. The number of aliphatic carboxylic acids is 2. The monoisotopic (exact) mass is 419 g/mol. The molecule has 1 aliphatic rings. The summed E-state index contributed by atoms with van der Waals surface area (Å²) in [7, 11) is 0. The maximum Gasteiger partial charge on any atom is 0.490 e. The molecule has 164 valence electrons. The van der Waals surface area contributed by atoms with Crippen molar-refractivity contribution in [3.63, 3.8) is 0 Å². The molecule has 29 heavy (non-hydrogen) atoms. The van der Waals surface area contributed by atoms with Crippen molar-refractivity contribution in [1.82, 2.24) is 5.32 Å². The van der Waals surface area contributed by atoms with E-state index in [0.29, 0.717) is 6.54 Å². The highest BCUT2D eigenvalue weighted by atomic mass is 19.4. The summed E-state index contributed by atoms with van der Waals surface area (Å²) in [4.78, 5) is 19.3. The topological polar surface area (TPSA) is 95.9 Å². The van der Waals surface area contributed by atoms with Crippen LogP contribution in [-0.2, 0) is 16.0 Å². The first-order chi connectivity index (χ1) is 13.7. The van der Waals surface area contributed by atoms with Crippen LogP contribution in [0.1, 0.15) is 44.1 Å². The van der Waals surface area contributed by atoms with Gasteiger partial charge in [-0.3, -0.25) is 4.79 Å². The Bertz CT molecular complexity index is 631. The van der Waals surface area contributed by atoms with Gasteiger partial charge in [0.25, 0.3) is 0 Å². The summed E-state index contributed by atoms with van der Waals surface area (Å²) in [5.41, 5.74) is 1.22. The van der Waals surface area contributed by atoms with E-state index in [1.807, 2.05) is 12.1 Å². The molecule has 0 spiro atoms. The van der Waals surface area contributed by atoms with Crippen LogP contribution in [0, 0.1) is 5.92 Å². The summed E-state index contributed by atoms with van der Waals surface area (Å²) in [5, 5.41) is 18.8. The zero-order chi connectivity index (χ0) is 21.7. The summed E-state index contributed by atoms with van der Waals surface area (Å²) in [6.45, 7) is 2.12. The highest BCUT2D eigenvalue weighted by Gasteiger charge is 2.38. The van der Waals surface area contributed by atoms with Crippen molar-refractivity contribution in [2.45, 2.75) is 51.1 Å². The second-order valence-electron chi connectivity index (χ2n) is 6.88. The maximum atomic E-state index is 10.6. The predicted molar refractivity (Wildman–Crippen MR) is 101 cm³/mol. The molecule has 1 aromatic carbocycles. The van der Waals surface area contributed by atoms with Gasteiger partial charge in [0.2, 0.25) is 0 Å². The molecule has 0 radical (unpaired) electrons. The van der Waals surface area contributed by atoms with E-state index in [1.165, 1.54) is 37.7 Å². The van der Waals surface area contributed by atoms with Crippen LogP contribution in [-0.4, -0.2) is 48.0 Å². The normalized spacial score (nSPS) is 14.2. The number of hydrogen-bond acceptors (Lipinski definition) is 4. The van der Waals surface area contributed by atoms with Gasteiger partial charge in [-0.15, -0.1) is 0 Å². The third-order valence-electron chi connectivity index (χ3n) is 4.52. The number of carboxylic acids is 2. The molecule has 0 saturated heterocycles. The SMILES string of the molecule is O=C(O)C(F)(F)F.O=C(O)CCNCCc1cccc(OCCC2CCCC2)c1. The Morgan fingerprint density at radius 2 is 1.79 bits per heavy atom. The van der Waals surface area contributed by atoms with Crippen LogP contribution < -0.4 is 10.1 Å². The molecule has 2 rings (SSSR count). The lowest BCUT2D eigenvalue weighted by molar-refractivity contribution is -0.192. The quantitative estimate of drug-likeness (QED) is 0.498. The number of halogens is 3. The smallest absolute Gasteiger partial charge is 0.490 e. The van der Waals surface area contributed by atoms with E-state index in [-0.39, 0.29) is 6.42 Å². The van der Waals surface area contributed by atoms with Gasteiger partial charge in [-0.05, 0) is 43.0 Å². The highest BCUT2D eigenvalue weighted by molar-refractivity contribution is 5.73. The van der Waals surface area contributed by atoms with Crippen LogP contribution in [0.15, 0.2) is 24.3 Å². The molecular formula is C20H28F3NO5. The summed E-state index contributed by atoms with van der Waals surface area (Å²) in [6.07, 6.45) is 2.64. The molecule has 1 aromatic rings. The minimum absolute atomic E-state index is 0.171. The van der Waals surface area contributed by atoms with E-state index in [1.54, 1.807) is 0 Å². The van der Waals surface area contributed by atoms with Crippen molar-refractivity contribution in [1.29, 1.82) is 0 Å². The van der Waals surface area contributed by atoms with Gasteiger partial charge in [0.05, 0.1) is 13.0 Å². The number of rotatable bonds is 10. The molecule has 0 heterocycles. The Morgan fingerprint density at radius 3 is 2.38 bits per heavy atom. The van der Waals surface area contributed by atoms with E-state index >= 15 is 0 Å². The number of alkyl halides is 3. The third kappa shape index (κ3) is 12.0. The Morgan fingerprint density at radius 1 is 1.14 bits per heavy atom. The van der Waals surface area contributed by atoms with E-state index in [9.17, 15) is 18.0 Å². The average Bonchev–Trinajstić information content (AvgIpc) is 3.15. The summed E-state index contributed by atoms with van der Waals surface area (Å²) < 4.78 is 37.6. The average molecular weight is 419 g/mol. The minimum atomic E-state index is -5.08. The first kappa shape index (κ1) is 24.7. The largest absolute Gasteiger partial charge is 0.494 e.